The maximum Gasteiger partial charge on any atom is 0.257 e. The fourth-order valence-electron chi connectivity index (χ4n) is 2.48. The Hall–Kier alpha value is -2.58. The molecule has 0 saturated carbocycles. The first kappa shape index (κ1) is 18.2. The molecule has 1 aromatic heterocycles. The maximum absolute atomic E-state index is 12.5. The van der Waals surface area contributed by atoms with Gasteiger partial charge in [-0.2, -0.15) is 0 Å². The largest absolute Gasteiger partial charge is 0.368 e. The summed E-state index contributed by atoms with van der Waals surface area (Å²) >= 11 is 6.02. The van der Waals surface area contributed by atoms with Gasteiger partial charge in [0.05, 0.1) is 26.9 Å². The Bertz CT molecular complexity index is 1110. The van der Waals surface area contributed by atoms with Crippen LogP contribution in [-0.2, 0) is 10.0 Å². The van der Waals surface area contributed by atoms with Crippen LogP contribution in [0, 0.1) is 0 Å². The van der Waals surface area contributed by atoms with E-state index in [4.69, 9.17) is 17.3 Å². The number of aromatic nitrogens is 2. The molecule has 136 valence electrons. The van der Waals surface area contributed by atoms with E-state index in [1.165, 1.54) is 0 Å². The predicted molar refractivity (Wildman–Crippen MR) is 103 cm³/mol. The van der Waals surface area contributed by atoms with E-state index in [2.05, 4.69) is 10.3 Å². The lowest BCUT2D eigenvalue weighted by atomic mass is 10.2. The molecule has 2 aromatic carbocycles. The molecule has 0 bridgehead atoms. The summed E-state index contributed by atoms with van der Waals surface area (Å²) in [5.74, 6) is -0.500. The molecule has 26 heavy (non-hydrogen) atoms. The van der Waals surface area contributed by atoms with Gasteiger partial charge in [0, 0.05) is 5.69 Å². The number of anilines is 2. The second-order valence-electron chi connectivity index (χ2n) is 5.97. The van der Waals surface area contributed by atoms with E-state index in [9.17, 15) is 13.2 Å². The molecule has 0 aliphatic rings. The van der Waals surface area contributed by atoms with Crippen molar-refractivity contribution in [3.8, 4) is 0 Å². The minimum atomic E-state index is -3.65. The highest BCUT2D eigenvalue weighted by molar-refractivity contribution is 7.90. The molecular weight excluding hydrogens is 376 g/mol. The predicted octanol–water partition coefficient (Wildman–Crippen LogP) is 3.11. The third-order valence-corrected chi connectivity index (χ3v) is 6.28. The van der Waals surface area contributed by atoms with E-state index >= 15 is 0 Å². The molecule has 0 spiro atoms. The van der Waals surface area contributed by atoms with Crippen LogP contribution < -0.4 is 11.1 Å². The van der Waals surface area contributed by atoms with E-state index < -0.39 is 15.3 Å². The number of rotatable bonds is 4. The number of benzene rings is 2. The van der Waals surface area contributed by atoms with E-state index in [1.807, 2.05) is 0 Å². The van der Waals surface area contributed by atoms with Gasteiger partial charge >= 0.3 is 0 Å². The summed E-state index contributed by atoms with van der Waals surface area (Å²) in [4.78, 5) is 16.5. The number of hydrogen-bond acceptors (Lipinski definition) is 5. The molecule has 9 heteroatoms. The molecule has 0 atom stereocenters. The number of nitrogens with one attached hydrogen (secondary N) is 1. The number of carbonyl (C=O) groups excluding carboxylic acids is 1. The van der Waals surface area contributed by atoms with E-state index in [0.717, 1.165) is 3.97 Å². The molecule has 0 saturated heterocycles. The van der Waals surface area contributed by atoms with Crippen LogP contribution in [0.5, 0.6) is 0 Å². The van der Waals surface area contributed by atoms with Crippen LogP contribution in [0.25, 0.3) is 11.0 Å². The monoisotopic (exact) mass is 392 g/mol. The Labute approximate surface area is 155 Å². The molecule has 0 radical (unpaired) electrons. The first-order valence-corrected chi connectivity index (χ1v) is 9.68. The van der Waals surface area contributed by atoms with Gasteiger partial charge in [-0.15, -0.1) is 0 Å². The topological polar surface area (TPSA) is 107 Å². The number of fused-ring (bicyclic) bond motifs is 1. The van der Waals surface area contributed by atoms with Crippen LogP contribution in [0.1, 0.15) is 24.2 Å². The lowest BCUT2D eigenvalue weighted by molar-refractivity contribution is 0.102. The molecule has 0 fully saturated rings. The van der Waals surface area contributed by atoms with E-state index in [-0.39, 0.29) is 11.9 Å². The molecule has 0 unspecified atom stereocenters. The lowest BCUT2D eigenvalue weighted by Crippen LogP contribution is -2.23. The van der Waals surface area contributed by atoms with Gasteiger partial charge in [0.25, 0.3) is 5.91 Å². The van der Waals surface area contributed by atoms with Gasteiger partial charge in [-0.3, -0.25) is 4.79 Å². The third kappa shape index (κ3) is 3.13. The van der Waals surface area contributed by atoms with Crippen LogP contribution in [0.2, 0.25) is 5.02 Å². The fourth-order valence-corrected chi connectivity index (χ4v) is 3.85. The normalized spacial score (nSPS) is 11.8. The highest BCUT2D eigenvalue weighted by Crippen LogP contribution is 2.25. The van der Waals surface area contributed by atoms with Gasteiger partial charge in [0.1, 0.15) is 0 Å². The highest BCUT2D eigenvalue weighted by Gasteiger charge is 2.24. The molecule has 7 nitrogen and oxygen atoms in total. The molecule has 3 aromatic rings. The second-order valence-corrected chi connectivity index (χ2v) is 8.71. The summed E-state index contributed by atoms with van der Waals surface area (Å²) in [6.07, 6.45) is 0. The molecule has 1 heterocycles. The van der Waals surface area contributed by atoms with Gasteiger partial charge in [-0.25, -0.2) is 17.4 Å². The van der Waals surface area contributed by atoms with Crippen molar-refractivity contribution in [1.82, 2.24) is 8.96 Å². The quantitative estimate of drug-likeness (QED) is 0.709. The van der Waals surface area contributed by atoms with E-state index in [0.29, 0.717) is 27.3 Å². The molecule has 3 rings (SSSR count). The van der Waals surface area contributed by atoms with Gasteiger partial charge < -0.3 is 11.1 Å². The van der Waals surface area contributed by atoms with Crippen molar-refractivity contribution in [3.63, 3.8) is 0 Å². The van der Waals surface area contributed by atoms with Crippen LogP contribution in [-0.4, -0.2) is 28.5 Å². The third-order valence-electron chi connectivity index (χ3n) is 3.86. The fraction of sp³-hybridized carbons (Fsp3) is 0.176. The summed E-state index contributed by atoms with van der Waals surface area (Å²) < 4.78 is 26.0. The number of carbonyl (C=O) groups is 1. The Morgan fingerprint density at radius 3 is 2.58 bits per heavy atom. The SMILES string of the molecule is CC(C)S(=O)(=O)n1c(N)nc2cc(NC(=O)c3ccccc3Cl)ccc21. The van der Waals surface area contributed by atoms with Crippen molar-refractivity contribution in [1.29, 1.82) is 0 Å². The van der Waals surface area contributed by atoms with Crippen molar-refractivity contribution in [2.75, 3.05) is 11.1 Å². The number of nitrogens with zero attached hydrogens (tertiary/aromatic N) is 2. The van der Waals surface area contributed by atoms with Crippen LogP contribution in [0.15, 0.2) is 42.5 Å². The number of amides is 1. The first-order chi connectivity index (χ1) is 12.2. The van der Waals surface area contributed by atoms with Gasteiger partial charge in [-0.1, -0.05) is 23.7 Å². The number of hydrogen-bond donors (Lipinski definition) is 2. The van der Waals surface area contributed by atoms with Crippen molar-refractivity contribution in [3.05, 3.63) is 53.1 Å². The standard InChI is InChI=1S/C17H17ClN4O3S/c1-10(2)26(24,25)22-15-8-7-11(9-14(15)21-17(22)19)20-16(23)12-5-3-4-6-13(12)18/h3-10H,1-2H3,(H2,19,21)(H,20,23). The minimum Gasteiger partial charge on any atom is -0.368 e. The summed E-state index contributed by atoms with van der Waals surface area (Å²) in [5.41, 5.74) is 7.31. The summed E-state index contributed by atoms with van der Waals surface area (Å²) in [6, 6.07) is 11.4. The Morgan fingerprint density at radius 2 is 1.92 bits per heavy atom. The zero-order valence-corrected chi connectivity index (χ0v) is 15.7. The number of halogens is 1. The number of nitrogens with two attached hydrogens (primary N) is 1. The minimum absolute atomic E-state index is 0.122. The molecule has 0 aliphatic carbocycles. The highest BCUT2D eigenvalue weighted by atomic mass is 35.5. The Balaban J connectivity index is 1.99. The van der Waals surface area contributed by atoms with Crippen molar-refractivity contribution < 1.29 is 13.2 Å². The average molecular weight is 393 g/mol. The first-order valence-electron chi connectivity index (χ1n) is 7.80. The van der Waals surface area contributed by atoms with Crippen molar-refractivity contribution in [2.45, 2.75) is 19.1 Å². The summed E-state index contributed by atoms with van der Waals surface area (Å²) in [6.45, 7) is 3.14. The molecule has 1 amide bonds. The zero-order chi connectivity index (χ0) is 19.1. The summed E-state index contributed by atoms with van der Waals surface area (Å²) in [7, 11) is -3.65. The summed E-state index contributed by atoms with van der Waals surface area (Å²) in [5, 5.41) is 2.40. The van der Waals surface area contributed by atoms with Gasteiger partial charge in [0.15, 0.2) is 0 Å². The van der Waals surface area contributed by atoms with Gasteiger partial charge in [-0.05, 0) is 44.2 Å². The van der Waals surface area contributed by atoms with Crippen LogP contribution in [0.3, 0.4) is 0 Å². The van der Waals surface area contributed by atoms with Crippen LogP contribution in [0.4, 0.5) is 11.6 Å². The van der Waals surface area contributed by atoms with Crippen molar-refractivity contribution in [2.24, 2.45) is 0 Å². The molecule has 3 N–H and O–H groups in total. The Morgan fingerprint density at radius 1 is 1.23 bits per heavy atom. The smallest absolute Gasteiger partial charge is 0.257 e. The number of nitrogen functional groups attached to an aromatic ring is 1. The maximum atomic E-state index is 12.5. The lowest BCUT2D eigenvalue weighted by Gasteiger charge is -2.11. The number of imidazole rings is 1. The second kappa shape index (κ2) is 6.62. The zero-order valence-electron chi connectivity index (χ0n) is 14.1. The van der Waals surface area contributed by atoms with Crippen molar-refractivity contribution >= 4 is 50.2 Å². The molecule has 0 aliphatic heterocycles. The van der Waals surface area contributed by atoms with E-state index in [1.54, 1.807) is 56.3 Å². The van der Waals surface area contributed by atoms with Gasteiger partial charge in [0.2, 0.25) is 16.0 Å². The average Bonchev–Trinajstić information content (AvgIpc) is 2.90. The Kier molecular flexibility index (Phi) is 4.64. The van der Waals surface area contributed by atoms with Crippen LogP contribution >= 0.6 is 11.6 Å². The molecular formula is C17H17ClN4O3S.